The van der Waals surface area contributed by atoms with E-state index >= 15 is 0 Å². The molecule has 0 spiro atoms. The normalized spacial score (nSPS) is 12.4. The Hall–Kier alpha value is -1.23. The van der Waals surface area contributed by atoms with Crippen LogP contribution in [0.4, 0.5) is 13.2 Å². The van der Waals surface area contributed by atoms with Gasteiger partial charge in [0.15, 0.2) is 0 Å². The summed E-state index contributed by atoms with van der Waals surface area (Å²) in [5, 5.41) is 4.46. The van der Waals surface area contributed by atoms with Crippen molar-refractivity contribution in [3.8, 4) is 0 Å². The second kappa shape index (κ2) is 7.98. The van der Waals surface area contributed by atoms with E-state index in [1.165, 1.54) is 12.1 Å². The molecule has 0 amide bonds. The molecule has 136 valence electrons. The van der Waals surface area contributed by atoms with Gasteiger partial charge >= 0.3 is 6.18 Å². The van der Waals surface area contributed by atoms with E-state index in [2.05, 4.69) is 19.2 Å². The lowest BCUT2D eigenvalue weighted by atomic mass is 9.95. The van der Waals surface area contributed by atoms with Gasteiger partial charge < -0.3 is 5.32 Å². The van der Waals surface area contributed by atoms with Crippen LogP contribution in [0, 0.1) is 0 Å². The summed E-state index contributed by atoms with van der Waals surface area (Å²) in [7, 11) is 0. The molecule has 0 heterocycles. The van der Waals surface area contributed by atoms with Gasteiger partial charge in [0.05, 0.1) is 15.6 Å². The molecule has 2 aromatic carbocycles. The molecular weight excluding hydrogens is 370 g/mol. The minimum atomic E-state index is -4.30. The molecule has 1 nitrogen and oxygen atoms in total. The van der Waals surface area contributed by atoms with E-state index < -0.39 is 11.7 Å². The number of nitrogens with one attached hydrogen (secondary N) is 1. The van der Waals surface area contributed by atoms with Crippen LogP contribution in [0.25, 0.3) is 0 Å². The van der Waals surface area contributed by atoms with Crippen molar-refractivity contribution >= 4 is 23.2 Å². The van der Waals surface area contributed by atoms with E-state index in [9.17, 15) is 13.2 Å². The first-order valence-electron chi connectivity index (χ1n) is 7.92. The third kappa shape index (κ3) is 6.21. The molecule has 0 aliphatic heterocycles. The first-order valence-corrected chi connectivity index (χ1v) is 8.67. The number of halogens is 5. The number of hydrogen-bond acceptors (Lipinski definition) is 1. The zero-order valence-electron chi connectivity index (χ0n) is 14.1. The van der Waals surface area contributed by atoms with Crippen molar-refractivity contribution in [2.24, 2.45) is 0 Å². The molecule has 25 heavy (non-hydrogen) atoms. The summed E-state index contributed by atoms with van der Waals surface area (Å²) in [4.78, 5) is 0. The van der Waals surface area contributed by atoms with Gasteiger partial charge in [0.1, 0.15) is 0 Å². The number of aryl methyl sites for hydroxylation is 1. The second-order valence-corrected chi connectivity index (χ2v) is 7.49. The quantitative estimate of drug-likeness (QED) is 0.593. The Morgan fingerprint density at radius 3 is 2.04 bits per heavy atom. The van der Waals surface area contributed by atoms with Crippen molar-refractivity contribution in [3.05, 3.63) is 69.2 Å². The highest BCUT2D eigenvalue weighted by Gasteiger charge is 2.30. The lowest BCUT2D eigenvalue weighted by Crippen LogP contribution is -2.39. The van der Waals surface area contributed by atoms with Crippen LogP contribution in [0.15, 0.2) is 42.5 Å². The second-order valence-electron chi connectivity index (χ2n) is 6.68. The Morgan fingerprint density at radius 1 is 0.880 bits per heavy atom. The van der Waals surface area contributed by atoms with Crippen LogP contribution in [0.2, 0.25) is 10.0 Å². The SMILES string of the molecule is CC(C)(CCc1ccc(Cl)c(Cl)c1)NCc1ccc(C(F)(F)F)cc1. The molecule has 0 bridgehead atoms. The van der Waals surface area contributed by atoms with E-state index in [1.807, 2.05) is 12.1 Å². The molecule has 0 aliphatic carbocycles. The predicted molar refractivity (Wildman–Crippen MR) is 97.1 cm³/mol. The van der Waals surface area contributed by atoms with Crippen LogP contribution in [-0.4, -0.2) is 5.54 Å². The maximum atomic E-state index is 12.6. The summed E-state index contributed by atoms with van der Waals surface area (Å²) in [6.45, 7) is 4.63. The fourth-order valence-electron chi connectivity index (χ4n) is 2.39. The Balaban J connectivity index is 1.89. The average molecular weight is 390 g/mol. The van der Waals surface area contributed by atoms with Gasteiger partial charge in [-0.15, -0.1) is 0 Å². The van der Waals surface area contributed by atoms with E-state index in [1.54, 1.807) is 6.07 Å². The van der Waals surface area contributed by atoms with Gasteiger partial charge in [0.2, 0.25) is 0 Å². The molecule has 0 saturated carbocycles. The van der Waals surface area contributed by atoms with Gasteiger partial charge in [-0.3, -0.25) is 0 Å². The minimum Gasteiger partial charge on any atom is -0.308 e. The first-order chi connectivity index (χ1) is 11.6. The van der Waals surface area contributed by atoms with Gasteiger partial charge in [0, 0.05) is 12.1 Å². The molecular formula is C19H20Cl2F3N. The van der Waals surface area contributed by atoms with Crippen molar-refractivity contribution in [3.63, 3.8) is 0 Å². The molecule has 0 aliphatic rings. The van der Waals surface area contributed by atoms with E-state index in [4.69, 9.17) is 23.2 Å². The summed E-state index contributed by atoms with van der Waals surface area (Å²) >= 11 is 11.9. The molecule has 0 fully saturated rings. The van der Waals surface area contributed by atoms with E-state index in [0.717, 1.165) is 36.1 Å². The summed E-state index contributed by atoms with van der Waals surface area (Å²) in [6.07, 6.45) is -2.62. The van der Waals surface area contributed by atoms with Crippen LogP contribution in [0.3, 0.4) is 0 Å². The Morgan fingerprint density at radius 2 is 1.48 bits per heavy atom. The molecule has 2 rings (SSSR count). The average Bonchev–Trinajstić information content (AvgIpc) is 2.54. The van der Waals surface area contributed by atoms with Crippen LogP contribution in [-0.2, 0) is 19.1 Å². The highest BCUT2D eigenvalue weighted by Crippen LogP contribution is 2.29. The van der Waals surface area contributed by atoms with Crippen LogP contribution in [0.5, 0.6) is 0 Å². The van der Waals surface area contributed by atoms with Gasteiger partial charge in [-0.1, -0.05) is 41.4 Å². The molecule has 0 aromatic heterocycles. The van der Waals surface area contributed by atoms with Crippen molar-refractivity contribution in [1.82, 2.24) is 5.32 Å². The third-order valence-electron chi connectivity index (χ3n) is 4.08. The predicted octanol–water partition coefficient (Wildman–Crippen LogP) is 6.51. The minimum absolute atomic E-state index is 0.172. The number of alkyl halides is 3. The molecule has 0 unspecified atom stereocenters. The highest BCUT2D eigenvalue weighted by atomic mass is 35.5. The lowest BCUT2D eigenvalue weighted by molar-refractivity contribution is -0.137. The molecule has 0 saturated heterocycles. The van der Waals surface area contributed by atoms with Crippen LogP contribution < -0.4 is 5.32 Å². The van der Waals surface area contributed by atoms with Gasteiger partial charge in [-0.05, 0) is 62.1 Å². The zero-order valence-corrected chi connectivity index (χ0v) is 15.6. The Bertz CT molecular complexity index is 710. The molecule has 0 radical (unpaired) electrons. The van der Waals surface area contributed by atoms with Gasteiger partial charge in [0.25, 0.3) is 0 Å². The topological polar surface area (TPSA) is 12.0 Å². The monoisotopic (exact) mass is 389 g/mol. The van der Waals surface area contributed by atoms with Crippen LogP contribution >= 0.6 is 23.2 Å². The maximum absolute atomic E-state index is 12.6. The molecule has 1 N–H and O–H groups in total. The smallest absolute Gasteiger partial charge is 0.308 e. The van der Waals surface area contributed by atoms with Crippen molar-refractivity contribution in [2.75, 3.05) is 0 Å². The largest absolute Gasteiger partial charge is 0.416 e. The van der Waals surface area contributed by atoms with Gasteiger partial charge in [-0.2, -0.15) is 13.2 Å². The Labute approximate surface area is 156 Å². The Kier molecular flexibility index (Phi) is 6.41. The zero-order chi connectivity index (χ0) is 18.7. The molecule has 0 atom stereocenters. The van der Waals surface area contributed by atoms with Crippen molar-refractivity contribution in [2.45, 2.75) is 44.9 Å². The number of hydrogen-bond donors (Lipinski definition) is 1. The van der Waals surface area contributed by atoms with Crippen molar-refractivity contribution in [1.29, 1.82) is 0 Å². The molecule has 6 heteroatoms. The van der Waals surface area contributed by atoms with Gasteiger partial charge in [-0.25, -0.2) is 0 Å². The maximum Gasteiger partial charge on any atom is 0.416 e. The molecule has 2 aromatic rings. The van der Waals surface area contributed by atoms with E-state index in [0.29, 0.717) is 16.6 Å². The summed E-state index contributed by atoms with van der Waals surface area (Å²) < 4.78 is 37.7. The summed E-state index contributed by atoms with van der Waals surface area (Å²) in [5.41, 5.74) is 1.11. The summed E-state index contributed by atoms with van der Waals surface area (Å²) in [5.74, 6) is 0. The summed E-state index contributed by atoms with van der Waals surface area (Å²) in [6, 6.07) is 10.8. The van der Waals surface area contributed by atoms with E-state index in [-0.39, 0.29) is 5.54 Å². The lowest BCUT2D eigenvalue weighted by Gasteiger charge is -2.27. The standard InChI is InChI=1S/C19H20Cl2F3N/c1-18(2,10-9-13-5-8-16(20)17(21)11-13)25-12-14-3-6-15(7-4-14)19(22,23)24/h3-8,11,25H,9-10,12H2,1-2H3. The first kappa shape index (κ1) is 20.1. The van der Waals surface area contributed by atoms with Crippen molar-refractivity contribution < 1.29 is 13.2 Å². The van der Waals surface area contributed by atoms with Crippen LogP contribution in [0.1, 0.15) is 37.0 Å². The number of rotatable bonds is 6. The fourth-order valence-corrected chi connectivity index (χ4v) is 2.71. The highest BCUT2D eigenvalue weighted by molar-refractivity contribution is 6.42. The third-order valence-corrected chi connectivity index (χ3v) is 4.81. The fraction of sp³-hybridized carbons (Fsp3) is 0.368. The number of benzene rings is 2.